The van der Waals surface area contributed by atoms with E-state index in [2.05, 4.69) is 34.2 Å². The van der Waals surface area contributed by atoms with Gasteiger partial charge in [-0.15, -0.1) is 0 Å². The number of aryl methyl sites for hydroxylation is 1. The van der Waals surface area contributed by atoms with E-state index in [1.807, 2.05) is 13.0 Å². The molecule has 4 rings (SSSR count). The highest BCUT2D eigenvalue weighted by Gasteiger charge is 2.32. The van der Waals surface area contributed by atoms with E-state index >= 15 is 0 Å². The molecular weight excluding hydrogens is 326 g/mol. The van der Waals surface area contributed by atoms with E-state index in [1.165, 1.54) is 44.0 Å². The minimum absolute atomic E-state index is 0.140. The largest absolute Gasteiger partial charge is 0.472 e. The first-order chi connectivity index (χ1) is 12.6. The highest BCUT2D eigenvalue weighted by atomic mass is 16.3. The molecule has 2 aliphatic rings. The molecule has 5 heteroatoms. The molecule has 2 atom stereocenters. The van der Waals surface area contributed by atoms with E-state index in [0.717, 1.165) is 30.4 Å². The van der Waals surface area contributed by atoms with Crippen LogP contribution in [0.3, 0.4) is 0 Å². The number of amides is 1. The summed E-state index contributed by atoms with van der Waals surface area (Å²) >= 11 is 0. The van der Waals surface area contributed by atoms with Gasteiger partial charge in [0.2, 0.25) is 0 Å². The smallest absolute Gasteiger partial charge is 0.258 e. The van der Waals surface area contributed by atoms with Crippen molar-refractivity contribution in [1.82, 2.24) is 4.90 Å². The standard InChI is InChI=1S/C21H27N3O2/c1-15-12-18(5-6-20(15)22-21(25)17-8-11-26-14-17)23-10-7-19(13-23)24-9-3-4-16(24)2/h5-6,8,11-12,14,16,19H,3-4,7,9-10,13H2,1-2H3,(H,22,25)/t16-,19-/m0/s1. The molecule has 2 saturated heterocycles. The Morgan fingerprint density at radius 2 is 2.12 bits per heavy atom. The number of benzene rings is 1. The van der Waals surface area contributed by atoms with Gasteiger partial charge in [-0.25, -0.2) is 0 Å². The van der Waals surface area contributed by atoms with Crippen LogP contribution in [0, 0.1) is 6.92 Å². The fraction of sp³-hybridized carbons (Fsp3) is 0.476. The maximum atomic E-state index is 12.2. The zero-order valence-corrected chi connectivity index (χ0v) is 15.6. The zero-order chi connectivity index (χ0) is 18.1. The molecule has 2 fully saturated rings. The molecule has 2 aliphatic heterocycles. The van der Waals surface area contributed by atoms with E-state index in [4.69, 9.17) is 4.42 Å². The molecule has 0 radical (unpaired) electrons. The average molecular weight is 353 g/mol. The molecule has 0 aliphatic carbocycles. The Bertz CT molecular complexity index is 772. The number of nitrogens with zero attached hydrogens (tertiary/aromatic N) is 2. The number of nitrogens with one attached hydrogen (secondary N) is 1. The van der Waals surface area contributed by atoms with Crippen LogP contribution in [-0.4, -0.2) is 42.5 Å². The molecule has 0 saturated carbocycles. The Hall–Kier alpha value is -2.27. The SMILES string of the molecule is Cc1cc(N2CC[C@H](N3CCC[C@@H]3C)C2)ccc1NC(=O)c1ccoc1. The lowest BCUT2D eigenvalue weighted by molar-refractivity contribution is 0.102. The highest BCUT2D eigenvalue weighted by molar-refractivity contribution is 6.04. The maximum Gasteiger partial charge on any atom is 0.258 e. The van der Waals surface area contributed by atoms with Crippen molar-refractivity contribution >= 4 is 17.3 Å². The third kappa shape index (κ3) is 3.36. The lowest BCUT2D eigenvalue weighted by atomic mass is 10.1. The monoisotopic (exact) mass is 353 g/mol. The van der Waals surface area contributed by atoms with Crippen LogP contribution in [0.15, 0.2) is 41.2 Å². The second-order valence-electron chi connectivity index (χ2n) is 7.58. The summed E-state index contributed by atoms with van der Waals surface area (Å²) in [5.41, 5.74) is 3.72. The number of anilines is 2. The molecule has 138 valence electrons. The molecule has 0 unspecified atom stereocenters. The Labute approximate surface area is 155 Å². The number of likely N-dealkylation sites (tertiary alicyclic amines) is 1. The highest BCUT2D eigenvalue weighted by Crippen LogP contribution is 2.30. The Balaban J connectivity index is 1.42. The molecule has 1 aromatic carbocycles. The van der Waals surface area contributed by atoms with Gasteiger partial charge in [-0.2, -0.15) is 0 Å². The zero-order valence-electron chi connectivity index (χ0n) is 15.6. The summed E-state index contributed by atoms with van der Waals surface area (Å²) in [7, 11) is 0. The summed E-state index contributed by atoms with van der Waals surface area (Å²) < 4.78 is 4.98. The normalized spacial score (nSPS) is 23.5. The van der Waals surface area contributed by atoms with Gasteiger partial charge in [-0.3, -0.25) is 9.69 Å². The van der Waals surface area contributed by atoms with Crippen molar-refractivity contribution in [3.63, 3.8) is 0 Å². The van der Waals surface area contributed by atoms with E-state index in [0.29, 0.717) is 11.6 Å². The van der Waals surface area contributed by atoms with Crippen LogP contribution in [0.2, 0.25) is 0 Å². The summed E-state index contributed by atoms with van der Waals surface area (Å²) in [6.07, 6.45) is 6.88. The first-order valence-electron chi connectivity index (χ1n) is 9.57. The van der Waals surface area contributed by atoms with E-state index in [9.17, 15) is 4.79 Å². The Morgan fingerprint density at radius 3 is 2.81 bits per heavy atom. The maximum absolute atomic E-state index is 12.2. The molecule has 5 nitrogen and oxygen atoms in total. The Kier molecular flexibility index (Phi) is 4.72. The lowest BCUT2D eigenvalue weighted by Gasteiger charge is -2.28. The Morgan fingerprint density at radius 1 is 1.23 bits per heavy atom. The van der Waals surface area contributed by atoms with Crippen molar-refractivity contribution in [2.45, 2.75) is 45.2 Å². The van der Waals surface area contributed by atoms with Crippen molar-refractivity contribution in [3.8, 4) is 0 Å². The third-order valence-electron chi connectivity index (χ3n) is 5.84. The molecule has 1 aromatic heterocycles. The fourth-order valence-electron chi connectivity index (χ4n) is 4.32. The molecule has 1 N–H and O–H groups in total. The lowest BCUT2D eigenvalue weighted by Crippen LogP contribution is -2.39. The first-order valence-corrected chi connectivity index (χ1v) is 9.57. The van der Waals surface area contributed by atoms with Crippen LogP contribution in [-0.2, 0) is 0 Å². The van der Waals surface area contributed by atoms with Gasteiger partial charge in [0.05, 0.1) is 11.8 Å². The van der Waals surface area contributed by atoms with Gasteiger partial charge in [0.25, 0.3) is 5.91 Å². The van der Waals surface area contributed by atoms with Crippen molar-refractivity contribution in [2.75, 3.05) is 29.9 Å². The summed E-state index contributed by atoms with van der Waals surface area (Å²) in [6, 6.07) is 9.38. The molecule has 26 heavy (non-hydrogen) atoms. The van der Waals surface area contributed by atoms with Gasteiger partial charge in [0.1, 0.15) is 6.26 Å². The minimum Gasteiger partial charge on any atom is -0.472 e. The third-order valence-corrected chi connectivity index (χ3v) is 5.84. The first kappa shape index (κ1) is 17.2. The van der Waals surface area contributed by atoms with E-state index in [1.54, 1.807) is 6.07 Å². The fourth-order valence-corrected chi connectivity index (χ4v) is 4.32. The van der Waals surface area contributed by atoms with Gasteiger partial charge >= 0.3 is 0 Å². The second kappa shape index (κ2) is 7.16. The molecule has 3 heterocycles. The predicted octanol–water partition coefficient (Wildman–Crippen LogP) is 3.90. The summed E-state index contributed by atoms with van der Waals surface area (Å²) in [4.78, 5) is 17.4. The van der Waals surface area contributed by atoms with Crippen molar-refractivity contribution < 1.29 is 9.21 Å². The average Bonchev–Trinajstić information content (AvgIpc) is 3.37. The minimum atomic E-state index is -0.140. The van der Waals surface area contributed by atoms with Gasteiger partial charge in [-0.1, -0.05) is 0 Å². The van der Waals surface area contributed by atoms with Crippen LogP contribution in [0.4, 0.5) is 11.4 Å². The van der Waals surface area contributed by atoms with Gasteiger partial charge < -0.3 is 14.6 Å². The number of furan rings is 1. The number of rotatable bonds is 4. The van der Waals surface area contributed by atoms with E-state index in [-0.39, 0.29) is 5.91 Å². The summed E-state index contributed by atoms with van der Waals surface area (Å²) in [6.45, 7) is 7.86. The van der Waals surface area contributed by atoms with Crippen molar-refractivity contribution in [1.29, 1.82) is 0 Å². The summed E-state index contributed by atoms with van der Waals surface area (Å²) in [5, 5.41) is 2.96. The predicted molar refractivity (Wildman–Crippen MR) is 104 cm³/mol. The molecule has 0 bridgehead atoms. The number of hydrogen-bond acceptors (Lipinski definition) is 4. The molecular formula is C21H27N3O2. The van der Waals surface area contributed by atoms with Crippen LogP contribution in [0.5, 0.6) is 0 Å². The van der Waals surface area contributed by atoms with Crippen molar-refractivity contribution in [2.24, 2.45) is 0 Å². The van der Waals surface area contributed by atoms with Crippen LogP contribution < -0.4 is 10.2 Å². The number of carbonyl (C=O) groups is 1. The van der Waals surface area contributed by atoms with Crippen LogP contribution >= 0.6 is 0 Å². The topological polar surface area (TPSA) is 48.7 Å². The molecule has 1 amide bonds. The summed E-state index contributed by atoms with van der Waals surface area (Å²) in [5.74, 6) is -0.140. The van der Waals surface area contributed by atoms with Crippen molar-refractivity contribution in [3.05, 3.63) is 47.9 Å². The van der Waals surface area contributed by atoms with E-state index < -0.39 is 0 Å². The van der Waals surface area contributed by atoms with Crippen LogP contribution in [0.25, 0.3) is 0 Å². The quantitative estimate of drug-likeness (QED) is 0.905. The number of carbonyl (C=O) groups excluding carboxylic acids is 1. The van der Waals surface area contributed by atoms with Gasteiger partial charge in [0, 0.05) is 36.5 Å². The van der Waals surface area contributed by atoms with Crippen LogP contribution in [0.1, 0.15) is 42.1 Å². The molecule has 2 aromatic rings. The molecule has 0 spiro atoms. The number of hydrogen-bond donors (Lipinski definition) is 1. The second-order valence-corrected chi connectivity index (χ2v) is 7.58. The van der Waals surface area contributed by atoms with Gasteiger partial charge in [0.15, 0.2) is 0 Å². The van der Waals surface area contributed by atoms with Gasteiger partial charge in [-0.05, 0) is 69.5 Å².